The SMILES string of the molecule is O=C(O)C(F)(F)F.c1cncc(-c2nnc(C3CCNCC3)o2)c1. The lowest BCUT2D eigenvalue weighted by molar-refractivity contribution is -0.192. The largest absolute Gasteiger partial charge is 0.490 e. The Morgan fingerprint density at radius 3 is 2.50 bits per heavy atom. The van der Waals surface area contributed by atoms with Gasteiger partial charge in [-0.2, -0.15) is 13.2 Å². The number of hydrogen-bond acceptors (Lipinski definition) is 6. The molecule has 3 rings (SSSR count). The van der Waals surface area contributed by atoms with Gasteiger partial charge in [-0.05, 0) is 38.1 Å². The van der Waals surface area contributed by atoms with Crippen LogP contribution in [-0.2, 0) is 4.79 Å². The van der Waals surface area contributed by atoms with Crippen molar-refractivity contribution in [1.29, 1.82) is 0 Å². The molecule has 0 unspecified atom stereocenters. The summed E-state index contributed by atoms with van der Waals surface area (Å²) in [6, 6.07) is 3.79. The molecule has 10 heteroatoms. The maximum absolute atomic E-state index is 10.6. The molecule has 1 fully saturated rings. The first-order valence-electron chi connectivity index (χ1n) is 7.12. The fraction of sp³-hybridized carbons (Fsp3) is 0.429. The van der Waals surface area contributed by atoms with Crippen molar-refractivity contribution in [3.8, 4) is 11.5 Å². The number of alkyl halides is 3. The Labute approximate surface area is 134 Å². The average molecular weight is 344 g/mol. The third-order valence-corrected chi connectivity index (χ3v) is 3.28. The number of aromatic nitrogens is 3. The van der Waals surface area contributed by atoms with Gasteiger partial charge in [0.15, 0.2) is 0 Å². The summed E-state index contributed by atoms with van der Waals surface area (Å²) in [5.74, 6) is -1.04. The Morgan fingerprint density at radius 1 is 1.29 bits per heavy atom. The van der Waals surface area contributed by atoms with Gasteiger partial charge in [-0.25, -0.2) is 4.79 Å². The van der Waals surface area contributed by atoms with Crippen LogP contribution in [0.3, 0.4) is 0 Å². The lowest BCUT2D eigenvalue weighted by Gasteiger charge is -2.18. The number of aliphatic carboxylic acids is 1. The molecule has 0 spiro atoms. The van der Waals surface area contributed by atoms with Crippen LogP contribution in [-0.4, -0.2) is 45.5 Å². The third kappa shape index (κ3) is 5.01. The Bertz CT molecular complexity index is 655. The van der Waals surface area contributed by atoms with E-state index < -0.39 is 12.1 Å². The molecule has 3 heterocycles. The fourth-order valence-electron chi connectivity index (χ4n) is 2.07. The zero-order valence-electron chi connectivity index (χ0n) is 12.5. The van der Waals surface area contributed by atoms with E-state index in [1.54, 1.807) is 12.4 Å². The number of carboxylic acids is 1. The van der Waals surface area contributed by atoms with Crippen molar-refractivity contribution < 1.29 is 27.5 Å². The highest BCUT2D eigenvalue weighted by atomic mass is 19.4. The second-order valence-corrected chi connectivity index (χ2v) is 5.01. The normalized spacial score (nSPS) is 15.5. The Kier molecular flexibility index (Phi) is 5.85. The van der Waals surface area contributed by atoms with Crippen LogP contribution in [0.4, 0.5) is 13.2 Å². The molecule has 0 amide bonds. The quantitative estimate of drug-likeness (QED) is 0.861. The molecule has 0 radical (unpaired) electrons. The van der Waals surface area contributed by atoms with Gasteiger partial charge < -0.3 is 14.8 Å². The van der Waals surface area contributed by atoms with Crippen LogP contribution in [0.15, 0.2) is 28.9 Å². The van der Waals surface area contributed by atoms with Crippen molar-refractivity contribution in [2.75, 3.05) is 13.1 Å². The fourth-order valence-corrected chi connectivity index (χ4v) is 2.07. The maximum atomic E-state index is 10.6. The van der Waals surface area contributed by atoms with Gasteiger partial charge in [0, 0.05) is 18.3 Å². The highest BCUT2D eigenvalue weighted by Gasteiger charge is 2.38. The number of pyridine rings is 1. The van der Waals surface area contributed by atoms with Crippen molar-refractivity contribution >= 4 is 5.97 Å². The molecule has 0 saturated carbocycles. The van der Waals surface area contributed by atoms with E-state index in [-0.39, 0.29) is 0 Å². The van der Waals surface area contributed by atoms with Crippen molar-refractivity contribution in [3.63, 3.8) is 0 Å². The molecule has 2 aromatic rings. The van der Waals surface area contributed by atoms with Crippen LogP contribution in [0.25, 0.3) is 11.5 Å². The highest BCUT2D eigenvalue weighted by molar-refractivity contribution is 5.73. The molecular formula is C14H15F3N4O3. The van der Waals surface area contributed by atoms with Crippen molar-refractivity contribution in [2.45, 2.75) is 24.9 Å². The summed E-state index contributed by atoms with van der Waals surface area (Å²) in [6.45, 7) is 2.05. The minimum absolute atomic E-state index is 0.397. The predicted molar refractivity (Wildman–Crippen MR) is 76.1 cm³/mol. The lowest BCUT2D eigenvalue weighted by Crippen LogP contribution is -2.26. The van der Waals surface area contributed by atoms with Gasteiger partial charge in [0.2, 0.25) is 11.8 Å². The van der Waals surface area contributed by atoms with Crippen molar-refractivity contribution in [2.24, 2.45) is 0 Å². The average Bonchev–Trinajstić information content (AvgIpc) is 3.06. The summed E-state index contributed by atoms with van der Waals surface area (Å²) in [4.78, 5) is 12.9. The number of rotatable bonds is 2. The summed E-state index contributed by atoms with van der Waals surface area (Å²) < 4.78 is 37.5. The topological polar surface area (TPSA) is 101 Å². The second-order valence-electron chi connectivity index (χ2n) is 5.01. The first-order chi connectivity index (χ1) is 11.4. The molecule has 24 heavy (non-hydrogen) atoms. The van der Waals surface area contributed by atoms with Crippen LogP contribution in [0.2, 0.25) is 0 Å². The molecule has 1 aliphatic heterocycles. The Morgan fingerprint density at radius 2 is 1.96 bits per heavy atom. The molecule has 1 saturated heterocycles. The first-order valence-corrected chi connectivity index (χ1v) is 7.12. The molecule has 7 nitrogen and oxygen atoms in total. The zero-order valence-corrected chi connectivity index (χ0v) is 12.5. The van der Waals surface area contributed by atoms with E-state index in [1.165, 1.54) is 0 Å². The van der Waals surface area contributed by atoms with E-state index in [1.807, 2.05) is 12.1 Å². The standard InChI is InChI=1S/C12H14N4O.C2HF3O2/c1-2-10(8-14-5-1)12-16-15-11(17-12)9-3-6-13-7-4-9;3-2(4,5)1(6)7/h1-2,5,8-9,13H,3-4,6-7H2;(H,6,7). The van der Waals surface area contributed by atoms with Crippen LogP contribution in [0.1, 0.15) is 24.7 Å². The molecular weight excluding hydrogens is 329 g/mol. The van der Waals surface area contributed by atoms with Gasteiger partial charge in [0.25, 0.3) is 0 Å². The molecule has 0 aromatic carbocycles. The first kappa shape index (κ1) is 17.9. The molecule has 0 bridgehead atoms. The van der Waals surface area contributed by atoms with Gasteiger partial charge in [-0.1, -0.05) is 0 Å². The third-order valence-electron chi connectivity index (χ3n) is 3.28. The van der Waals surface area contributed by atoms with Gasteiger partial charge >= 0.3 is 12.1 Å². The smallest absolute Gasteiger partial charge is 0.475 e. The Hall–Kier alpha value is -2.49. The summed E-state index contributed by atoms with van der Waals surface area (Å²) in [5.41, 5.74) is 0.875. The molecule has 0 aliphatic carbocycles. The molecule has 1 aliphatic rings. The summed E-state index contributed by atoms with van der Waals surface area (Å²) >= 11 is 0. The van der Waals surface area contributed by atoms with E-state index in [4.69, 9.17) is 14.3 Å². The van der Waals surface area contributed by atoms with E-state index in [2.05, 4.69) is 20.5 Å². The van der Waals surface area contributed by atoms with Crippen molar-refractivity contribution in [3.05, 3.63) is 30.4 Å². The van der Waals surface area contributed by atoms with Gasteiger partial charge in [0.1, 0.15) is 0 Å². The number of nitrogens with zero attached hydrogens (tertiary/aromatic N) is 3. The van der Waals surface area contributed by atoms with Crippen molar-refractivity contribution in [1.82, 2.24) is 20.5 Å². The highest BCUT2D eigenvalue weighted by Crippen LogP contribution is 2.26. The summed E-state index contributed by atoms with van der Waals surface area (Å²) in [7, 11) is 0. The van der Waals surface area contributed by atoms with Crippen LogP contribution < -0.4 is 5.32 Å². The number of piperidine rings is 1. The summed E-state index contributed by atoms with van der Waals surface area (Å²) in [5, 5.41) is 18.7. The van der Waals surface area contributed by atoms with Crippen LogP contribution >= 0.6 is 0 Å². The Balaban J connectivity index is 0.000000256. The van der Waals surface area contributed by atoms with Crippen LogP contribution in [0, 0.1) is 0 Å². The predicted octanol–water partition coefficient (Wildman–Crippen LogP) is 2.23. The van der Waals surface area contributed by atoms with Crippen LogP contribution in [0.5, 0.6) is 0 Å². The molecule has 130 valence electrons. The van der Waals surface area contributed by atoms with E-state index in [0.29, 0.717) is 11.8 Å². The lowest BCUT2D eigenvalue weighted by atomic mass is 9.98. The van der Waals surface area contributed by atoms with Gasteiger partial charge in [0.05, 0.1) is 5.56 Å². The molecule has 2 N–H and O–H groups in total. The van der Waals surface area contributed by atoms with E-state index >= 15 is 0 Å². The van der Waals surface area contributed by atoms with Gasteiger partial charge in [-0.3, -0.25) is 4.98 Å². The summed E-state index contributed by atoms with van der Waals surface area (Å²) in [6.07, 6.45) is 0.511. The number of hydrogen-bond donors (Lipinski definition) is 2. The van der Waals surface area contributed by atoms with E-state index in [9.17, 15) is 13.2 Å². The van der Waals surface area contributed by atoms with Gasteiger partial charge in [-0.15, -0.1) is 10.2 Å². The minimum atomic E-state index is -5.08. The maximum Gasteiger partial charge on any atom is 0.490 e. The number of carbonyl (C=O) groups is 1. The van der Waals surface area contributed by atoms with E-state index in [0.717, 1.165) is 37.4 Å². The molecule has 2 aromatic heterocycles. The second kappa shape index (κ2) is 7.86. The zero-order chi connectivity index (χ0) is 17.6. The number of carboxylic acid groups (broad SMARTS) is 1. The minimum Gasteiger partial charge on any atom is -0.475 e. The number of halogens is 3. The monoisotopic (exact) mass is 344 g/mol. The molecule has 0 atom stereocenters. The number of nitrogens with one attached hydrogen (secondary N) is 1.